The van der Waals surface area contributed by atoms with Crippen LogP contribution in [0.25, 0.3) is 0 Å². The lowest BCUT2D eigenvalue weighted by Gasteiger charge is -2.68. The predicted octanol–water partition coefficient (Wildman–Crippen LogP) is 1.03. The Balaban J connectivity index is 1.04. The van der Waals surface area contributed by atoms with Crippen LogP contribution in [0, 0.1) is 50.7 Å². The van der Waals surface area contributed by atoms with Crippen molar-refractivity contribution in [2.45, 2.75) is 192 Å². The Morgan fingerprint density at radius 2 is 1.30 bits per heavy atom. The van der Waals surface area contributed by atoms with E-state index < -0.39 is 105 Å². The summed E-state index contributed by atoms with van der Waals surface area (Å²) in [5, 5.41) is 95.9. The normalized spacial score (nSPS) is 53.0. The van der Waals surface area contributed by atoms with Gasteiger partial charge in [-0.3, -0.25) is 4.79 Å². The number of hydrogen-bond acceptors (Lipinski definition) is 16. The second-order valence-corrected chi connectivity index (χ2v) is 22.0. The number of carbonyl (C=O) groups is 1. The Morgan fingerprint density at radius 3 is 1.97 bits per heavy atom. The van der Waals surface area contributed by atoms with Gasteiger partial charge in [0.2, 0.25) is 6.29 Å². The fourth-order valence-corrected chi connectivity index (χ4v) is 14.0. The predicted molar refractivity (Wildman–Crippen MR) is 214 cm³/mol. The zero-order valence-corrected chi connectivity index (χ0v) is 36.5. The minimum absolute atomic E-state index is 0.0311. The highest BCUT2D eigenvalue weighted by Gasteiger charge is 2.66. The van der Waals surface area contributed by atoms with Crippen molar-refractivity contribution in [3.63, 3.8) is 0 Å². The van der Waals surface area contributed by atoms with E-state index in [1.807, 2.05) is 0 Å². The topological polar surface area (TPSA) is 255 Å². The molecule has 5 aliphatic carbocycles. The van der Waals surface area contributed by atoms with Gasteiger partial charge in [0.25, 0.3) is 0 Å². The Bertz CT molecular complexity index is 1640. The first-order valence-corrected chi connectivity index (χ1v) is 22.8. The molecular weight excluding hydrogens is 796 g/mol. The Labute approximate surface area is 358 Å². The quantitative estimate of drug-likeness (QED) is 0.128. The van der Waals surface area contributed by atoms with Gasteiger partial charge in [0, 0.05) is 0 Å². The molecule has 0 bridgehead atoms. The zero-order chi connectivity index (χ0) is 44.2. The molecule has 8 aliphatic rings. The number of aliphatic hydroxyl groups excluding tert-OH is 9. The molecule has 0 aromatic carbocycles. The van der Waals surface area contributed by atoms with E-state index in [-0.39, 0.29) is 40.3 Å². The van der Waals surface area contributed by atoms with Gasteiger partial charge < -0.3 is 74.4 Å². The highest BCUT2D eigenvalue weighted by Crippen LogP contribution is 2.72. The third-order valence-corrected chi connectivity index (χ3v) is 17.7. The van der Waals surface area contributed by atoms with Crippen molar-refractivity contribution in [2.24, 2.45) is 50.7 Å². The molecule has 0 aromatic heterocycles. The summed E-state index contributed by atoms with van der Waals surface area (Å²) in [6.07, 6.45) is -10.6. The molecule has 16 nitrogen and oxygen atoms in total. The van der Waals surface area contributed by atoms with Crippen LogP contribution in [0.4, 0.5) is 0 Å². The van der Waals surface area contributed by atoms with E-state index in [2.05, 4.69) is 47.6 Å². The molecule has 16 heteroatoms. The first-order chi connectivity index (χ1) is 28.6. The first kappa shape index (κ1) is 46.2. The van der Waals surface area contributed by atoms with E-state index in [1.54, 1.807) is 0 Å². The van der Waals surface area contributed by atoms with Crippen molar-refractivity contribution in [1.82, 2.24) is 0 Å². The molecule has 4 saturated carbocycles. The number of aliphatic hydroxyl groups is 9. The van der Waals surface area contributed by atoms with Gasteiger partial charge in [-0.15, -0.1) is 0 Å². The van der Waals surface area contributed by atoms with Gasteiger partial charge in [0.15, 0.2) is 18.7 Å². The molecule has 0 aromatic rings. The molecular formula is C45H72O16. The van der Waals surface area contributed by atoms with E-state index in [4.69, 9.17) is 28.4 Å². The summed E-state index contributed by atoms with van der Waals surface area (Å²) in [5.41, 5.74) is 0.385. The SMILES string of the molecule is CC1(C)CCC2(C(=O)OC3OCC(O)C(O)C3OC3OCC(O)C(O)C3OC3OC(CO)C(O)C(O)C3O)CCC3C(=CCC4C3(C)CCC3C(C)(C)C(O)CCC34C)C2C1. The second-order valence-electron chi connectivity index (χ2n) is 22.0. The van der Waals surface area contributed by atoms with Crippen LogP contribution in [-0.4, -0.2) is 158 Å². The monoisotopic (exact) mass is 868 g/mol. The van der Waals surface area contributed by atoms with Crippen LogP contribution in [-0.2, 0) is 33.2 Å². The van der Waals surface area contributed by atoms with Gasteiger partial charge >= 0.3 is 5.97 Å². The third-order valence-electron chi connectivity index (χ3n) is 17.7. The fraction of sp³-hybridized carbons (Fsp3) is 0.933. The number of carbonyl (C=O) groups excluding carboxylic acids is 1. The molecule has 0 spiro atoms. The lowest BCUT2D eigenvalue weighted by molar-refractivity contribution is -0.377. The van der Waals surface area contributed by atoms with E-state index in [9.17, 15) is 46.0 Å². The molecule has 21 atom stereocenters. The number of rotatable bonds is 7. The summed E-state index contributed by atoms with van der Waals surface area (Å²) in [7, 11) is 0. The van der Waals surface area contributed by atoms with Crippen molar-refractivity contribution < 1.29 is 79.2 Å². The average Bonchev–Trinajstić information content (AvgIpc) is 3.21. The van der Waals surface area contributed by atoms with Crippen LogP contribution in [0.3, 0.4) is 0 Å². The second kappa shape index (κ2) is 16.5. The van der Waals surface area contributed by atoms with Crippen molar-refractivity contribution >= 4 is 5.97 Å². The van der Waals surface area contributed by atoms with Crippen LogP contribution in [0.15, 0.2) is 11.6 Å². The molecule has 7 fully saturated rings. The molecule has 61 heavy (non-hydrogen) atoms. The Hall–Kier alpha value is -1.35. The maximum atomic E-state index is 15.0. The minimum Gasteiger partial charge on any atom is -0.432 e. The highest BCUT2D eigenvalue weighted by molar-refractivity contribution is 5.79. The number of fused-ring (bicyclic) bond motifs is 7. The van der Waals surface area contributed by atoms with Crippen LogP contribution in [0.1, 0.15) is 106 Å². The summed E-state index contributed by atoms with van der Waals surface area (Å²) >= 11 is 0. The molecule has 3 saturated heterocycles. The maximum absolute atomic E-state index is 15.0. The molecule has 3 aliphatic heterocycles. The smallest absolute Gasteiger partial charge is 0.315 e. The van der Waals surface area contributed by atoms with Gasteiger partial charge in [0.1, 0.15) is 54.9 Å². The van der Waals surface area contributed by atoms with Crippen molar-refractivity contribution in [2.75, 3.05) is 19.8 Å². The van der Waals surface area contributed by atoms with Gasteiger partial charge in [-0.1, -0.05) is 53.2 Å². The van der Waals surface area contributed by atoms with Crippen molar-refractivity contribution in [1.29, 1.82) is 0 Å². The minimum atomic E-state index is -1.86. The molecule has 0 radical (unpaired) electrons. The molecule has 3 heterocycles. The summed E-state index contributed by atoms with van der Waals surface area (Å²) in [5.74, 6) is 0.596. The molecule has 21 unspecified atom stereocenters. The van der Waals surface area contributed by atoms with E-state index in [0.29, 0.717) is 30.6 Å². The Kier molecular flexibility index (Phi) is 12.5. The Morgan fingerprint density at radius 1 is 0.672 bits per heavy atom. The van der Waals surface area contributed by atoms with Crippen molar-refractivity contribution in [3.05, 3.63) is 11.6 Å². The van der Waals surface area contributed by atoms with Gasteiger partial charge in [-0.25, -0.2) is 0 Å². The average molecular weight is 869 g/mol. The van der Waals surface area contributed by atoms with Gasteiger partial charge in [-0.05, 0) is 110 Å². The lowest BCUT2D eigenvalue weighted by Crippen LogP contribution is -2.64. The van der Waals surface area contributed by atoms with E-state index >= 15 is 4.79 Å². The molecule has 8 rings (SSSR count). The van der Waals surface area contributed by atoms with Crippen LogP contribution in [0.2, 0.25) is 0 Å². The first-order valence-electron chi connectivity index (χ1n) is 22.8. The van der Waals surface area contributed by atoms with Gasteiger partial charge in [-0.2, -0.15) is 0 Å². The number of hydrogen-bond donors (Lipinski definition) is 9. The summed E-state index contributed by atoms with van der Waals surface area (Å²) < 4.78 is 35.4. The van der Waals surface area contributed by atoms with E-state index in [1.165, 1.54) is 5.57 Å². The standard InChI is InChI=1S/C45H72O16/c1-41(2)15-16-45(14-9-22-21(23(45)17-41)7-8-28-43(22,5)12-10-27-42(3,4)29(49)11-13-44(27,28)6)40(55)61-39-36(31(51)25(48)20-57-39)60-38-35(30(50)24(47)19-56-38)59-37-34(54)33(53)32(52)26(18-46)58-37/h7,22-39,46-54H,8-20H2,1-6H3. The number of ether oxygens (including phenoxy) is 6. The van der Waals surface area contributed by atoms with Crippen LogP contribution >= 0.6 is 0 Å². The summed E-state index contributed by atoms with van der Waals surface area (Å²) in [4.78, 5) is 15.0. The largest absolute Gasteiger partial charge is 0.432 e. The van der Waals surface area contributed by atoms with E-state index in [0.717, 1.165) is 51.4 Å². The zero-order valence-electron chi connectivity index (χ0n) is 36.5. The summed E-state index contributed by atoms with van der Waals surface area (Å²) in [6.45, 7) is 12.4. The molecule has 348 valence electrons. The third kappa shape index (κ3) is 7.57. The van der Waals surface area contributed by atoms with Crippen molar-refractivity contribution in [3.8, 4) is 0 Å². The number of allylic oxidation sites excluding steroid dienone is 2. The summed E-state index contributed by atoms with van der Waals surface area (Å²) in [6, 6.07) is 0. The maximum Gasteiger partial charge on any atom is 0.315 e. The van der Waals surface area contributed by atoms with Crippen LogP contribution in [0.5, 0.6) is 0 Å². The lowest BCUT2D eigenvalue weighted by atomic mass is 9.37. The van der Waals surface area contributed by atoms with Crippen LogP contribution < -0.4 is 0 Å². The van der Waals surface area contributed by atoms with Gasteiger partial charge in [0.05, 0.1) is 31.3 Å². The highest BCUT2D eigenvalue weighted by atomic mass is 16.8. The molecule has 0 amide bonds. The molecule has 9 N–H and O–H groups in total. The number of esters is 1. The fourth-order valence-electron chi connectivity index (χ4n) is 14.0.